The van der Waals surface area contributed by atoms with Crippen LogP contribution in [0.2, 0.25) is 0 Å². The van der Waals surface area contributed by atoms with Crippen molar-refractivity contribution in [2.45, 2.75) is 0 Å². The lowest BCUT2D eigenvalue weighted by atomic mass is 9.98. The van der Waals surface area contributed by atoms with Gasteiger partial charge in [-0.1, -0.05) is 140 Å². The Morgan fingerprint density at radius 3 is 1.50 bits per heavy atom. The molecule has 0 amide bonds. The van der Waals surface area contributed by atoms with Gasteiger partial charge in [-0.3, -0.25) is 0 Å². The summed E-state index contributed by atoms with van der Waals surface area (Å²) in [5.41, 5.74) is 15.5. The van der Waals surface area contributed by atoms with E-state index >= 15 is 0 Å². The van der Waals surface area contributed by atoms with Crippen molar-refractivity contribution in [3.63, 3.8) is 0 Å². The number of furan rings is 1. The summed E-state index contributed by atoms with van der Waals surface area (Å²) >= 11 is 0. The monoisotopic (exact) mass is 895 g/mol. The van der Waals surface area contributed by atoms with Crippen LogP contribution in [0.1, 0.15) is 0 Å². The first-order valence-corrected chi connectivity index (χ1v) is 23.5. The molecule has 0 unspecified atom stereocenters. The quantitative estimate of drug-likeness (QED) is 0.166. The van der Waals surface area contributed by atoms with Crippen molar-refractivity contribution in [3.05, 3.63) is 224 Å². The molecule has 0 bridgehead atoms. The topological polar surface area (TPSA) is 70.9 Å². The van der Waals surface area contributed by atoms with Crippen molar-refractivity contribution in [1.29, 1.82) is 0 Å². The molecule has 0 radical (unpaired) electrons. The van der Waals surface area contributed by atoms with Gasteiger partial charge in [-0.05, 0) is 107 Å². The lowest BCUT2D eigenvalue weighted by Gasteiger charge is -2.20. The molecule has 14 aromatic rings. The first-order valence-electron chi connectivity index (χ1n) is 23.5. The summed E-state index contributed by atoms with van der Waals surface area (Å²) in [7, 11) is 0. The van der Waals surface area contributed by atoms with E-state index < -0.39 is 0 Å². The second-order valence-corrected chi connectivity index (χ2v) is 18.0. The van der Waals surface area contributed by atoms with Crippen LogP contribution in [0.15, 0.2) is 229 Å². The van der Waals surface area contributed by atoms with Crippen LogP contribution in [0.25, 0.3) is 133 Å². The highest BCUT2D eigenvalue weighted by Crippen LogP contribution is 2.47. The number of benzene rings is 10. The molecule has 326 valence electrons. The summed E-state index contributed by atoms with van der Waals surface area (Å²) in [5.74, 6) is 3.55. The van der Waals surface area contributed by atoms with Gasteiger partial charge >= 0.3 is 0 Å². The first kappa shape index (κ1) is 38.5. The molecule has 0 aliphatic carbocycles. The number of nitrogens with zero attached hydrogens (tertiary/aromatic N) is 5. The largest absolute Gasteiger partial charge is 0.456 e. The third-order valence-electron chi connectivity index (χ3n) is 14.0. The molecule has 1 aliphatic rings. The van der Waals surface area contributed by atoms with Gasteiger partial charge in [0.1, 0.15) is 11.2 Å². The number of fused-ring (bicyclic) bond motifs is 11. The van der Waals surface area contributed by atoms with E-state index in [-0.39, 0.29) is 0 Å². The zero-order chi connectivity index (χ0) is 45.9. The number of para-hydroxylation sites is 4. The van der Waals surface area contributed by atoms with Crippen LogP contribution in [0.5, 0.6) is 11.5 Å². The van der Waals surface area contributed by atoms with Crippen LogP contribution in [0, 0.1) is 0 Å². The van der Waals surface area contributed by atoms with Gasteiger partial charge < -0.3 is 18.3 Å². The fraction of sp³-hybridized carbons (Fsp3) is 0. The van der Waals surface area contributed by atoms with Crippen LogP contribution >= 0.6 is 0 Å². The maximum Gasteiger partial charge on any atom is 0.164 e. The second kappa shape index (κ2) is 15.0. The smallest absolute Gasteiger partial charge is 0.164 e. The Balaban J connectivity index is 0.894. The van der Waals surface area contributed by atoms with Crippen LogP contribution in [0.4, 0.5) is 0 Å². The van der Waals surface area contributed by atoms with E-state index in [9.17, 15) is 0 Å². The minimum absolute atomic E-state index is 0.588. The normalized spacial score (nSPS) is 12.1. The summed E-state index contributed by atoms with van der Waals surface area (Å²) in [4.78, 5) is 15.2. The van der Waals surface area contributed by atoms with Crippen molar-refractivity contribution < 1.29 is 9.15 Å². The summed E-state index contributed by atoms with van der Waals surface area (Å²) < 4.78 is 17.7. The Hall–Kier alpha value is -9.59. The Labute approximate surface area is 400 Å². The van der Waals surface area contributed by atoms with Crippen molar-refractivity contribution in [2.24, 2.45) is 0 Å². The number of ether oxygens (including phenoxy) is 1. The number of rotatable bonds is 6. The Bertz CT molecular complexity index is 4380. The average Bonchev–Trinajstić information content (AvgIpc) is 4.09. The SMILES string of the molecule is c1ccc(-c2nc(-c3ccccc3)nc(-c3cccc4oc5ccc(-c6ccc7c(c6)c6cc(-c8ccc9c(c8)c8cccc%10c8n9-c8ccccc8O%10)ccc6n7-c6ccccc6)cc5c34)n2)cc1. The number of hydrogen-bond acceptors (Lipinski definition) is 5. The maximum atomic E-state index is 6.57. The van der Waals surface area contributed by atoms with Gasteiger partial charge in [-0.15, -0.1) is 0 Å². The van der Waals surface area contributed by atoms with E-state index in [1.807, 2.05) is 84.9 Å². The van der Waals surface area contributed by atoms with E-state index in [4.69, 9.17) is 24.1 Å². The zero-order valence-corrected chi connectivity index (χ0v) is 37.4. The molecule has 15 rings (SSSR count). The van der Waals surface area contributed by atoms with E-state index in [0.717, 1.165) is 106 Å². The molecule has 10 aromatic carbocycles. The molecule has 7 nitrogen and oxygen atoms in total. The van der Waals surface area contributed by atoms with Crippen molar-refractivity contribution in [2.75, 3.05) is 0 Å². The Morgan fingerprint density at radius 2 is 0.843 bits per heavy atom. The van der Waals surface area contributed by atoms with E-state index in [1.165, 1.54) is 21.5 Å². The van der Waals surface area contributed by atoms with Crippen molar-refractivity contribution >= 4 is 65.6 Å². The van der Waals surface area contributed by atoms with Gasteiger partial charge in [0.05, 0.1) is 27.8 Å². The predicted octanol–water partition coefficient (Wildman–Crippen LogP) is 16.4. The van der Waals surface area contributed by atoms with Gasteiger partial charge in [0.25, 0.3) is 0 Å². The zero-order valence-electron chi connectivity index (χ0n) is 37.4. The molecule has 5 heterocycles. The molecule has 0 fully saturated rings. The van der Waals surface area contributed by atoms with Gasteiger partial charge in [-0.2, -0.15) is 0 Å². The Morgan fingerprint density at radius 1 is 0.329 bits per heavy atom. The second-order valence-electron chi connectivity index (χ2n) is 18.0. The van der Waals surface area contributed by atoms with E-state index in [2.05, 4.69) is 149 Å². The lowest BCUT2D eigenvalue weighted by molar-refractivity contribution is 0.476. The molecular formula is C63H37N5O2. The minimum Gasteiger partial charge on any atom is -0.456 e. The van der Waals surface area contributed by atoms with Gasteiger partial charge in [0, 0.05) is 54.7 Å². The highest BCUT2D eigenvalue weighted by atomic mass is 16.5. The molecule has 7 heteroatoms. The molecule has 0 saturated carbocycles. The predicted molar refractivity (Wildman–Crippen MR) is 283 cm³/mol. The van der Waals surface area contributed by atoms with Crippen LogP contribution in [0.3, 0.4) is 0 Å². The van der Waals surface area contributed by atoms with Gasteiger partial charge in [-0.25, -0.2) is 15.0 Å². The van der Waals surface area contributed by atoms with Gasteiger partial charge in [0.2, 0.25) is 0 Å². The number of hydrogen-bond donors (Lipinski definition) is 0. The first-order chi connectivity index (χ1) is 34.7. The average molecular weight is 896 g/mol. The van der Waals surface area contributed by atoms with Gasteiger partial charge in [0.15, 0.2) is 29.0 Å². The lowest BCUT2D eigenvalue weighted by Crippen LogP contribution is -2.03. The fourth-order valence-electron chi connectivity index (χ4n) is 10.8. The molecule has 1 aliphatic heterocycles. The third kappa shape index (κ3) is 5.85. The fourth-order valence-corrected chi connectivity index (χ4v) is 10.8. The Kier molecular flexibility index (Phi) is 8.23. The van der Waals surface area contributed by atoms with E-state index in [0.29, 0.717) is 17.5 Å². The molecule has 0 atom stereocenters. The van der Waals surface area contributed by atoms with Crippen LogP contribution in [-0.2, 0) is 0 Å². The van der Waals surface area contributed by atoms with Crippen molar-refractivity contribution in [3.8, 4) is 79.3 Å². The molecule has 70 heavy (non-hydrogen) atoms. The molecule has 0 N–H and O–H groups in total. The molecule has 0 saturated heterocycles. The maximum absolute atomic E-state index is 6.57. The highest BCUT2D eigenvalue weighted by molar-refractivity contribution is 6.16. The van der Waals surface area contributed by atoms with Crippen LogP contribution < -0.4 is 4.74 Å². The summed E-state index contributed by atoms with van der Waals surface area (Å²) in [6.07, 6.45) is 0. The standard InChI is InChI=1S/C63H37N5O2/c1-4-14-38(15-5-1)61-64-62(39-16-6-2-7-17-39)66-63(65-61)46-21-13-24-57-59(46)50-37-43(29-33-55(50)69-57)42-27-31-52-49(36-42)48-35-41(26-30-51(48)67(52)44-18-8-3-9-19-44)40-28-32-53-47(34-40)45-20-12-25-58-60(45)68(53)54-22-10-11-23-56(54)70-58/h1-37H. The number of aromatic nitrogens is 5. The molecular weight excluding hydrogens is 859 g/mol. The van der Waals surface area contributed by atoms with Crippen LogP contribution in [-0.4, -0.2) is 24.1 Å². The summed E-state index contributed by atoms with van der Waals surface area (Å²) in [6.45, 7) is 0. The summed E-state index contributed by atoms with van der Waals surface area (Å²) in [6, 6.07) is 78.7. The third-order valence-corrected chi connectivity index (χ3v) is 14.0. The van der Waals surface area contributed by atoms with Crippen molar-refractivity contribution in [1.82, 2.24) is 24.1 Å². The minimum atomic E-state index is 0.588. The highest BCUT2D eigenvalue weighted by Gasteiger charge is 2.24. The molecule has 4 aromatic heterocycles. The summed E-state index contributed by atoms with van der Waals surface area (Å²) in [5, 5.41) is 6.67. The molecule has 0 spiro atoms. The van der Waals surface area contributed by atoms with E-state index in [1.54, 1.807) is 0 Å².